The molecule has 2 aromatic carbocycles. The van der Waals surface area contributed by atoms with Crippen molar-refractivity contribution in [2.45, 2.75) is 40.0 Å². The number of aryl methyl sites for hydroxylation is 2. The largest absolute Gasteiger partial charge is 0.497 e. The number of fused-ring (bicyclic) bond motifs is 1. The van der Waals surface area contributed by atoms with Crippen LogP contribution in [0.25, 0.3) is 10.9 Å². The summed E-state index contributed by atoms with van der Waals surface area (Å²) in [4.78, 5) is 18.3. The van der Waals surface area contributed by atoms with Crippen molar-refractivity contribution in [3.8, 4) is 5.75 Å². The Balaban J connectivity index is 1.47. The number of ether oxygens (including phenoxy) is 1. The highest BCUT2D eigenvalue weighted by Crippen LogP contribution is 2.21. The molecule has 9 nitrogen and oxygen atoms in total. The van der Waals surface area contributed by atoms with Gasteiger partial charge in [-0.05, 0) is 71.3 Å². The highest BCUT2D eigenvalue weighted by atomic mass is 16.5. The lowest BCUT2D eigenvalue weighted by Gasteiger charge is -2.22. The lowest BCUT2D eigenvalue weighted by atomic mass is 10.0. The number of aromatic nitrogens is 5. The molecule has 0 aliphatic rings. The third-order valence-electron chi connectivity index (χ3n) is 6.34. The number of nitrogens with one attached hydrogen (secondary N) is 1. The quantitative estimate of drug-likeness (QED) is 0.338. The first kappa shape index (κ1) is 23.5. The number of nitrogens with zero attached hydrogens (tertiary/aromatic N) is 5. The van der Waals surface area contributed by atoms with Crippen LogP contribution < -0.4 is 10.3 Å². The van der Waals surface area contributed by atoms with E-state index in [1.54, 1.807) is 18.1 Å². The fourth-order valence-electron chi connectivity index (χ4n) is 4.34. The Morgan fingerprint density at radius 1 is 1.03 bits per heavy atom. The minimum atomic E-state index is -0.0916. The van der Waals surface area contributed by atoms with E-state index in [1.807, 2.05) is 55.5 Å². The summed E-state index contributed by atoms with van der Waals surface area (Å²) in [6.45, 7) is 5.97. The van der Waals surface area contributed by atoms with Crippen molar-refractivity contribution in [2.75, 3.05) is 7.11 Å². The summed E-state index contributed by atoms with van der Waals surface area (Å²) in [5.74, 6) is 2.25. The van der Waals surface area contributed by atoms with Gasteiger partial charge < -0.3 is 14.1 Å². The van der Waals surface area contributed by atoms with Crippen LogP contribution in [0.3, 0.4) is 0 Å². The molecule has 36 heavy (non-hydrogen) atoms. The minimum Gasteiger partial charge on any atom is -0.497 e. The fraction of sp³-hybridized carbons (Fsp3) is 0.259. The van der Waals surface area contributed by atoms with Gasteiger partial charge >= 0.3 is 0 Å². The summed E-state index contributed by atoms with van der Waals surface area (Å²) in [5, 5.41) is 13.3. The second kappa shape index (κ2) is 10.2. The van der Waals surface area contributed by atoms with Gasteiger partial charge in [0.25, 0.3) is 5.56 Å². The number of furan rings is 1. The first-order valence-corrected chi connectivity index (χ1v) is 11.7. The van der Waals surface area contributed by atoms with Crippen LogP contribution in [0.5, 0.6) is 5.75 Å². The average Bonchev–Trinajstić information content (AvgIpc) is 3.55. The minimum absolute atomic E-state index is 0.0916. The lowest BCUT2D eigenvalue weighted by molar-refractivity contribution is 0.235. The smallest absolute Gasteiger partial charge is 0.252 e. The number of aromatic amines is 1. The first-order valence-electron chi connectivity index (χ1n) is 11.7. The van der Waals surface area contributed by atoms with Crippen LogP contribution in [-0.2, 0) is 26.2 Å². The molecule has 0 atom stereocenters. The predicted octanol–water partition coefficient (Wildman–Crippen LogP) is 3.98. The maximum absolute atomic E-state index is 13.1. The molecular formula is C27H28N6O3. The topological polar surface area (TPSA) is 102 Å². The molecular weight excluding hydrogens is 456 g/mol. The Kier molecular flexibility index (Phi) is 6.64. The van der Waals surface area contributed by atoms with Crippen LogP contribution in [0.15, 0.2) is 70.1 Å². The molecule has 0 saturated carbocycles. The molecule has 0 bridgehead atoms. The van der Waals surface area contributed by atoms with Crippen LogP contribution in [-0.4, -0.2) is 37.2 Å². The second-order valence-corrected chi connectivity index (χ2v) is 8.94. The van der Waals surface area contributed by atoms with Gasteiger partial charge in [-0.3, -0.25) is 9.69 Å². The molecule has 0 unspecified atom stereocenters. The zero-order valence-electron chi connectivity index (χ0n) is 20.6. The number of pyridine rings is 1. The Morgan fingerprint density at radius 2 is 1.83 bits per heavy atom. The van der Waals surface area contributed by atoms with Crippen LogP contribution in [0.2, 0.25) is 0 Å². The van der Waals surface area contributed by atoms with Crippen molar-refractivity contribution < 1.29 is 9.15 Å². The Morgan fingerprint density at radius 3 is 2.58 bits per heavy atom. The van der Waals surface area contributed by atoms with E-state index in [1.165, 1.54) is 0 Å². The number of tetrazole rings is 1. The van der Waals surface area contributed by atoms with E-state index in [0.29, 0.717) is 37.6 Å². The van der Waals surface area contributed by atoms with E-state index in [-0.39, 0.29) is 5.56 Å². The highest BCUT2D eigenvalue weighted by molar-refractivity contribution is 5.85. The summed E-state index contributed by atoms with van der Waals surface area (Å²) >= 11 is 0. The van der Waals surface area contributed by atoms with Crippen LogP contribution in [0, 0.1) is 13.8 Å². The van der Waals surface area contributed by atoms with Crippen LogP contribution >= 0.6 is 0 Å². The van der Waals surface area contributed by atoms with Crippen molar-refractivity contribution >= 4 is 10.9 Å². The summed E-state index contributed by atoms with van der Waals surface area (Å²) in [6.07, 6.45) is 1.63. The SMILES string of the molecule is COc1ccc(CN(Cc2cc3c(C)ccc(C)c3[nH]c2=O)Cc2nnnn2Cc2ccco2)cc1. The van der Waals surface area contributed by atoms with Crippen molar-refractivity contribution in [1.29, 1.82) is 0 Å². The molecule has 3 aromatic heterocycles. The van der Waals surface area contributed by atoms with Crippen molar-refractivity contribution in [2.24, 2.45) is 0 Å². The van der Waals surface area contributed by atoms with Crippen LogP contribution in [0.1, 0.15) is 33.8 Å². The van der Waals surface area contributed by atoms with Gasteiger partial charge in [0.1, 0.15) is 18.1 Å². The number of benzene rings is 2. The monoisotopic (exact) mass is 484 g/mol. The molecule has 9 heteroatoms. The van der Waals surface area contributed by atoms with Crippen molar-refractivity contribution in [3.05, 3.63) is 105 Å². The number of methoxy groups -OCH3 is 1. The van der Waals surface area contributed by atoms with Gasteiger partial charge in [0.2, 0.25) is 0 Å². The van der Waals surface area contributed by atoms with Gasteiger partial charge in [0.05, 0.1) is 25.4 Å². The highest BCUT2D eigenvalue weighted by Gasteiger charge is 2.17. The molecule has 0 radical (unpaired) electrons. The number of rotatable bonds is 9. The van der Waals surface area contributed by atoms with Gasteiger partial charge in [-0.25, -0.2) is 4.68 Å². The molecule has 0 aliphatic carbocycles. The number of H-pyrrole nitrogens is 1. The van der Waals surface area contributed by atoms with Gasteiger partial charge in [0.15, 0.2) is 5.82 Å². The van der Waals surface area contributed by atoms with E-state index >= 15 is 0 Å². The summed E-state index contributed by atoms with van der Waals surface area (Å²) < 4.78 is 12.5. The normalized spacial score (nSPS) is 11.4. The van der Waals surface area contributed by atoms with Crippen molar-refractivity contribution in [3.63, 3.8) is 0 Å². The standard InChI is InChI=1S/C27H28N6O3/c1-18-6-7-19(2)26-24(18)13-21(27(34)28-26)15-32(14-20-8-10-22(35-3)11-9-20)17-25-29-30-31-33(25)16-23-5-4-12-36-23/h4-13H,14-17H2,1-3H3,(H,28,34). The average molecular weight is 485 g/mol. The molecule has 1 N–H and O–H groups in total. The van der Waals surface area contributed by atoms with E-state index in [0.717, 1.165) is 39.1 Å². The van der Waals surface area contributed by atoms with E-state index in [4.69, 9.17) is 9.15 Å². The Bertz CT molecular complexity index is 1520. The molecule has 0 amide bonds. The molecule has 5 aromatic rings. The molecule has 0 aliphatic heterocycles. The van der Waals surface area contributed by atoms with Gasteiger partial charge in [-0.15, -0.1) is 5.10 Å². The lowest BCUT2D eigenvalue weighted by Crippen LogP contribution is -2.28. The molecule has 0 spiro atoms. The third kappa shape index (κ3) is 5.06. The molecule has 184 valence electrons. The van der Waals surface area contributed by atoms with E-state index < -0.39 is 0 Å². The first-order chi connectivity index (χ1) is 17.5. The Hall–Kier alpha value is -4.24. The Labute approximate surface area is 208 Å². The predicted molar refractivity (Wildman–Crippen MR) is 136 cm³/mol. The van der Waals surface area contributed by atoms with E-state index in [9.17, 15) is 4.79 Å². The van der Waals surface area contributed by atoms with Crippen molar-refractivity contribution in [1.82, 2.24) is 30.1 Å². The second-order valence-electron chi connectivity index (χ2n) is 8.94. The fourth-order valence-corrected chi connectivity index (χ4v) is 4.34. The van der Waals surface area contributed by atoms with Gasteiger partial charge in [-0.1, -0.05) is 24.3 Å². The maximum atomic E-state index is 13.1. The number of hydrogen-bond donors (Lipinski definition) is 1. The summed E-state index contributed by atoms with van der Waals surface area (Å²) in [6, 6.07) is 17.8. The number of hydrogen-bond acceptors (Lipinski definition) is 7. The molecule has 0 saturated heterocycles. The zero-order chi connectivity index (χ0) is 25.1. The zero-order valence-corrected chi connectivity index (χ0v) is 20.6. The molecule has 3 heterocycles. The maximum Gasteiger partial charge on any atom is 0.252 e. The summed E-state index contributed by atoms with van der Waals surface area (Å²) in [5.41, 5.74) is 4.74. The van der Waals surface area contributed by atoms with E-state index in [2.05, 4.69) is 38.4 Å². The molecule has 0 fully saturated rings. The summed E-state index contributed by atoms with van der Waals surface area (Å²) in [7, 11) is 1.65. The van der Waals surface area contributed by atoms with Crippen LogP contribution in [0.4, 0.5) is 0 Å². The van der Waals surface area contributed by atoms with Gasteiger partial charge in [0, 0.05) is 24.0 Å². The van der Waals surface area contributed by atoms with Gasteiger partial charge in [-0.2, -0.15) is 0 Å². The third-order valence-corrected chi connectivity index (χ3v) is 6.34. The molecule has 5 rings (SSSR count).